The average Bonchev–Trinajstić information content (AvgIpc) is 2.19. The van der Waals surface area contributed by atoms with Crippen LogP contribution in [-0.2, 0) is 4.79 Å². The topological polar surface area (TPSA) is 64.9 Å². The van der Waals surface area contributed by atoms with Gasteiger partial charge in [0.2, 0.25) is 5.91 Å². The lowest BCUT2D eigenvalue weighted by molar-refractivity contribution is -0.126. The molecule has 0 bridgehead atoms. The third-order valence-electron chi connectivity index (χ3n) is 2.45. The predicted molar refractivity (Wildman–Crippen MR) is 53.4 cm³/mol. The van der Waals surface area contributed by atoms with Crippen molar-refractivity contribution >= 4 is 5.91 Å². The van der Waals surface area contributed by atoms with Crippen molar-refractivity contribution in [1.29, 1.82) is 5.26 Å². The molecule has 0 aromatic rings. The lowest BCUT2D eigenvalue weighted by Crippen LogP contribution is -2.43. The smallest absolute Gasteiger partial charge is 0.224 e. The average molecular weight is 195 g/mol. The first kappa shape index (κ1) is 11.0. The molecule has 1 aliphatic rings. The zero-order chi connectivity index (χ0) is 10.4. The molecule has 1 rings (SSSR count). The number of carbonyl (C=O) groups is 1. The number of rotatable bonds is 3. The largest absolute Gasteiger partial charge is 0.352 e. The van der Waals surface area contributed by atoms with E-state index in [0.29, 0.717) is 6.42 Å². The summed E-state index contributed by atoms with van der Waals surface area (Å²) in [6.07, 6.45) is 2.40. The Morgan fingerprint density at radius 1 is 1.79 bits per heavy atom. The Morgan fingerprint density at radius 3 is 3.14 bits per heavy atom. The summed E-state index contributed by atoms with van der Waals surface area (Å²) in [4.78, 5) is 11.6. The van der Waals surface area contributed by atoms with Crippen LogP contribution in [0, 0.1) is 17.2 Å². The molecular formula is C10H17N3O. The highest BCUT2D eigenvalue weighted by atomic mass is 16.1. The summed E-state index contributed by atoms with van der Waals surface area (Å²) in [5.41, 5.74) is 0. The monoisotopic (exact) mass is 195 g/mol. The first-order valence-corrected chi connectivity index (χ1v) is 5.12. The maximum absolute atomic E-state index is 11.6. The number of nitrogens with one attached hydrogen (secondary N) is 2. The van der Waals surface area contributed by atoms with E-state index in [1.54, 1.807) is 0 Å². The summed E-state index contributed by atoms with van der Waals surface area (Å²) in [6, 6.07) is 2.01. The molecule has 4 heteroatoms. The maximum atomic E-state index is 11.6. The van der Waals surface area contributed by atoms with E-state index in [2.05, 4.69) is 10.6 Å². The van der Waals surface area contributed by atoms with Gasteiger partial charge in [-0.05, 0) is 26.3 Å². The minimum absolute atomic E-state index is 0.0329. The summed E-state index contributed by atoms with van der Waals surface area (Å²) in [5, 5.41) is 14.5. The third kappa shape index (κ3) is 3.35. The summed E-state index contributed by atoms with van der Waals surface area (Å²) >= 11 is 0. The van der Waals surface area contributed by atoms with Crippen molar-refractivity contribution in [2.24, 2.45) is 5.92 Å². The lowest BCUT2D eigenvalue weighted by Gasteiger charge is -2.23. The van der Waals surface area contributed by atoms with Crippen molar-refractivity contribution in [3.63, 3.8) is 0 Å². The quantitative estimate of drug-likeness (QED) is 0.685. The number of nitrogens with zero attached hydrogens (tertiary/aromatic N) is 1. The van der Waals surface area contributed by atoms with Crippen molar-refractivity contribution in [1.82, 2.24) is 10.6 Å². The van der Waals surface area contributed by atoms with Crippen LogP contribution in [0.15, 0.2) is 0 Å². The molecule has 78 valence electrons. The van der Waals surface area contributed by atoms with Crippen molar-refractivity contribution in [3.05, 3.63) is 0 Å². The Kier molecular flexibility index (Phi) is 4.41. The van der Waals surface area contributed by atoms with E-state index in [4.69, 9.17) is 5.26 Å². The van der Waals surface area contributed by atoms with Gasteiger partial charge in [-0.2, -0.15) is 5.26 Å². The SMILES string of the molecule is CC(CC#N)NC(=O)[C@@H]1CCCNC1. The summed E-state index contributed by atoms with van der Waals surface area (Å²) in [5.74, 6) is 0.171. The van der Waals surface area contributed by atoms with Gasteiger partial charge in [0.25, 0.3) is 0 Å². The molecule has 1 amide bonds. The normalized spacial score (nSPS) is 23.6. The molecule has 0 aromatic carbocycles. The van der Waals surface area contributed by atoms with Crippen LogP contribution in [0.3, 0.4) is 0 Å². The van der Waals surface area contributed by atoms with Crippen LogP contribution < -0.4 is 10.6 Å². The highest BCUT2D eigenvalue weighted by Crippen LogP contribution is 2.10. The number of carbonyl (C=O) groups excluding carboxylic acids is 1. The molecule has 1 aliphatic heterocycles. The number of hydrogen-bond acceptors (Lipinski definition) is 3. The maximum Gasteiger partial charge on any atom is 0.224 e. The molecule has 1 fully saturated rings. The fourth-order valence-electron chi connectivity index (χ4n) is 1.62. The van der Waals surface area contributed by atoms with Crippen LogP contribution in [0.4, 0.5) is 0 Å². The van der Waals surface area contributed by atoms with Gasteiger partial charge >= 0.3 is 0 Å². The van der Waals surface area contributed by atoms with E-state index in [1.807, 2.05) is 13.0 Å². The molecule has 1 saturated heterocycles. The van der Waals surface area contributed by atoms with Crippen molar-refractivity contribution in [3.8, 4) is 6.07 Å². The van der Waals surface area contributed by atoms with Gasteiger partial charge in [-0.3, -0.25) is 4.79 Å². The van der Waals surface area contributed by atoms with Crippen LogP contribution in [0.25, 0.3) is 0 Å². The van der Waals surface area contributed by atoms with E-state index in [9.17, 15) is 4.79 Å². The van der Waals surface area contributed by atoms with Gasteiger partial charge in [0.1, 0.15) is 0 Å². The van der Waals surface area contributed by atoms with Crippen molar-refractivity contribution in [2.75, 3.05) is 13.1 Å². The second-order valence-electron chi connectivity index (χ2n) is 3.82. The Morgan fingerprint density at radius 2 is 2.57 bits per heavy atom. The Bertz CT molecular complexity index is 228. The van der Waals surface area contributed by atoms with Crippen LogP contribution in [0.2, 0.25) is 0 Å². The molecule has 0 aliphatic carbocycles. The van der Waals surface area contributed by atoms with E-state index < -0.39 is 0 Å². The summed E-state index contributed by atoms with van der Waals surface area (Å²) in [6.45, 7) is 3.64. The molecule has 0 radical (unpaired) electrons. The lowest BCUT2D eigenvalue weighted by atomic mass is 9.98. The molecule has 4 nitrogen and oxygen atoms in total. The number of hydrogen-bond donors (Lipinski definition) is 2. The molecule has 2 N–H and O–H groups in total. The Hall–Kier alpha value is -1.08. The molecule has 0 spiro atoms. The van der Waals surface area contributed by atoms with E-state index in [0.717, 1.165) is 25.9 Å². The van der Waals surface area contributed by atoms with E-state index >= 15 is 0 Å². The van der Waals surface area contributed by atoms with Gasteiger partial charge < -0.3 is 10.6 Å². The molecular weight excluding hydrogens is 178 g/mol. The predicted octanol–water partition coefficient (Wildman–Crippen LogP) is 0.404. The third-order valence-corrected chi connectivity index (χ3v) is 2.45. The van der Waals surface area contributed by atoms with Gasteiger partial charge in [-0.25, -0.2) is 0 Å². The van der Waals surface area contributed by atoms with Crippen LogP contribution in [0.1, 0.15) is 26.2 Å². The summed E-state index contributed by atoms with van der Waals surface area (Å²) < 4.78 is 0. The second kappa shape index (κ2) is 5.61. The van der Waals surface area contributed by atoms with Gasteiger partial charge in [0, 0.05) is 12.6 Å². The van der Waals surface area contributed by atoms with E-state index in [1.165, 1.54) is 0 Å². The molecule has 1 heterocycles. The van der Waals surface area contributed by atoms with Crippen LogP contribution in [0.5, 0.6) is 0 Å². The van der Waals surface area contributed by atoms with Crippen LogP contribution in [-0.4, -0.2) is 25.0 Å². The standard InChI is InChI=1S/C10H17N3O/c1-8(4-5-11)13-10(14)9-3-2-6-12-7-9/h8-9,12H,2-4,6-7H2,1H3,(H,13,14)/t8?,9-/m1/s1. The minimum Gasteiger partial charge on any atom is -0.352 e. The summed E-state index contributed by atoms with van der Waals surface area (Å²) in [7, 11) is 0. The fraction of sp³-hybridized carbons (Fsp3) is 0.800. The van der Waals surface area contributed by atoms with Crippen LogP contribution >= 0.6 is 0 Å². The molecule has 2 atom stereocenters. The Balaban J connectivity index is 2.30. The Labute approximate surface area is 84.7 Å². The number of piperidine rings is 1. The number of nitriles is 1. The molecule has 0 aromatic heterocycles. The zero-order valence-corrected chi connectivity index (χ0v) is 8.55. The second-order valence-corrected chi connectivity index (χ2v) is 3.82. The van der Waals surface area contributed by atoms with Gasteiger partial charge in [0.05, 0.1) is 18.4 Å². The fourth-order valence-corrected chi connectivity index (χ4v) is 1.62. The van der Waals surface area contributed by atoms with E-state index in [-0.39, 0.29) is 17.9 Å². The van der Waals surface area contributed by atoms with Crippen molar-refractivity contribution < 1.29 is 4.79 Å². The molecule has 1 unspecified atom stereocenters. The molecule has 0 saturated carbocycles. The van der Waals surface area contributed by atoms with Gasteiger partial charge in [-0.1, -0.05) is 0 Å². The first-order valence-electron chi connectivity index (χ1n) is 5.12. The minimum atomic E-state index is -0.0329. The zero-order valence-electron chi connectivity index (χ0n) is 8.55. The molecule has 14 heavy (non-hydrogen) atoms. The van der Waals surface area contributed by atoms with Crippen molar-refractivity contribution in [2.45, 2.75) is 32.2 Å². The number of amides is 1. The first-order chi connectivity index (χ1) is 6.74. The highest BCUT2D eigenvalue weighted by Gasteiger charge is 2.21. The highest BCUT2D eigenvalue weighted by molar-refractivity contribution is 5.79. The van der Waals surface area contributed by atoms with Gasteiger partial charge in [0.15, 0.2) is 0 Å². The van der Waals surface area contributed by atoms with Gasteiger partial charge in [-0.15, -0.1) is 0 Å².